The Bertz CT molecular complexity index is 741. The largest absolute Gasteiger partial charge is 0.507 e. The number of aromatic nitrogens is 2. The molecule has 1 aromatic carbocycles. The van der Waals surface area contributed by atoms with E-state index in [1.807, 2.05) is 6.92 Å². The van der Waals surface area contributed by atoms with E-state index in [1.54, 1.807) is 0 Å². The van der Waals surface area contributed by atoms with Crippen LogP contribution in [0.5, 0.6) is 5.75 Å². The molecule has 0 radical (unpaired) electrons. The van der Waals surface area contributed by atoms with Crippen LogP contribution in [0, 0.1) is 0 Å². The number of nitrogens with one attached hydrogen (secondary N) is 1. The lowest BCUT2D eigenvalue weighted by Crippen LogP contribution is -2.21. The number of aliphatic hydroxyl groups excluding tert-OH is 1. The predicted octanol–water partition coefficient (Wildman–Crippen LogP) is 4.09. The van der Waals surface area contributed by atoms with Crippen LogP contribution in [0.4, 0.5) is 19.0 Å². The SMILES string of the molecule is CC[C@@H](CCO)Nc1cc(C(F)(F)F)c(-c2ccc(Cl)cc2O)nn1. The molecule has 0 saturated carbocycles. The Morgan fingerprint density at radius 1 is 1.24 bits per heavy atom. The maximum absolute atomic E-state index is 13.4. The minimum absolute atomic E-state index is 0.0511. The summed E-state index contributed by atoms with van der Waals surface area (Å²) in [7, 11) is 0. The first-order valence-corrected chi connectivity index (χ1v) is 7.95. The summed E-state index contributed by atoms with van der Waals surface area (Å²) in [6.07, 6.45) is -3.71. The van der Waals surface area contributed by atoms with Gasteiger partial charge in [-0.05, 0) is 37.1 Å². The van der Waals surface area contributed by atoms with E-state index in [2.05, 4.69) is 15.5 Å². The van der Waals surface area contributed by atoms with Crippen LogP contribution >= 0.6 is 11.6 Å². The molecule has 0 aliphatic rings. The number of phenolic OH excluding ortho intramolecular Hbond substituents is 1. The Morgan fingerprint density at radius 3 is 2.52 bits per heavy atom. The molecule has 2 rings (SSSR count). The highest BCUT2D eigenvalue weighted by molar-refractivity contribution is 6.30. The monoisotopic (exact) mass is 375 g/mol. The molecule has 25 heavy (non-hydrogen) atoms. The van der Waals surface area contributed by atoms with E-state index >= 15 is 0 Å². The van der Waals surface area contributed by atoms with Crippen molar-refractivity contribution in [3.8, 4) is 17.0 Å². The van der Waals surface area contributed by atoms with Crippen molar-refractivity contribution in [3.63, 3.8) is 0 Å². The van der Waals surface area contributed by atoms with Gasteiger partial charge in [0.1, 0.15) is 17.3 Å². The molecule has 0 saturated heterocycles. The van der Waals surface area contributed by atoms with E-state index in [9.17, 15) is 18.3 Å². The van der Waals surface area contributed by atoms with Gasteiger partial charge in [0.15, 0.2) is 0 Å². The summed E-state index contributed by atoms with van der Waals surface area (Å²) >= 11 is 5.71. The van der Waals surface area contributed by atoms with Gasteiger partial charge in [-0.2, -0.15) is 13.2 Å². The van der Waals surface area contributed by atoms with Crippen molar-refractivity contribution in [2.75, 3.05) is 11.9 Å². The van der Waals surface area contributed by atoms with Crippen LogP contribution in [0.1, 0.15) is 25.3 Å². The van der Waals surface area contributed by atoms with E-state index in [4.69, 9.17) is 16.7 Å². The van der Waals surface area contributed by atoms with Crippen molar-refractivity contribution in [3.05, 3.63) is 34.9 Å². The lowest BCUT2D eigenvalue weighted by molar-refractivity contribution is -0.137. The van der Waals surface area contributed by atoms with E-state index in [1.165, 1.54) is 12.1 Å². The summed E-state index contributed by atoms with van der Waals surface area (Å²) in [5.41, 5.74) is -1.62. The Morgan fingerprint density at radius 2 is 1.96 bits per heavy atom. The van der Waals surface area contributed by atoms with E-state index in [0.29, 0.717) is 12.8 Å². The van der Waals surface area contributed by atoms with Crippen LogP contribution in [-0.4, -0.2) is 33.1 Å². The number of phenols is 1. The van der Waals surface area contributed by atoms with Crippen molar-refractivity contribution >= 4 is 17.4 Å². The average molecular weight is 376 g/mol. The second-order valence-electron chi connectivity index (χ2n) is 5.41. The molecule has 1 atom stereocenters. The number of anilines is 1. The number of alkyl halides is 3. The molecule has 136 valence electrons. The molecule has 9 heteroatoms. The highest BCUT2D eigenvalue weighted by atomic mass is 35.5. The van der Waals surface area contributed by atoms with Crippen LogP contribution in [0.25, 0.3) is 11.3 Å². The Kier molecular flexibility index (Phi) is 6.07. The quantitative estimate of drug-likeness (QED) is 0.708. The molecule has 0 amide bonds. The first kappa shape index (κ1) is 19.3. The molecule has 0 bridgehead atoms. The van der Waals surface area contributed by atoms with Crippen molar-refractivity contribution in [1.82, 2.24) is 10.2 Å². The van der Waals surface area contributed by atoms with Gasteiger partial charge in [0, 0.05) is 23.2 Å². The van der Waals surface area contributed by atoms with Gasteiger partial charge in [-0.1, -0.05) is 18.5 Å². The molecule has 0 aliphatic heterocycles. The summed E-state index contributed by atoms with van der Waals surface area (Å²) in [6.45, 7) is 1.74. The second-order valence-corrected chi connectivity index (χ2v) is 5.85. The van der Waals surface area contributed by atoms with E-state index < -0.39 is 23.2 Å². The minimum atomic E-state index is -4.69. The molecule has 5 nitrogen and oxygen atoms in total. The molecule has 0 aliphatic carbocycles. The summed E-state index contributed by atoms with van der Waals surface area (Å²) in [5.74, 6) is -0.468. The first-order valence-electron chi connectivity index (χ1n) is 7.57. The molecule has 3 N–H and O–H groups in total. The van der Waals surface area contributed by atoms with Gasteiger partial charge < -0.3 is 15.5 Å². The summed E-state index contributed by atoms with van der Waals surface area (Å²) in [5, 5.41) is 29.3. The number of benzene rings is 1. The minimum Gasteiger partial charge on any atom is -0.507 e. The summed E-state index contributed by atoms with van der Waals surface area (Å²) in [6, 6.07) is 4.37. The predicted molar refractivity (Wildman–Crippen MR) is 88.5 cm³/mol. The highest BCUT2D eigenvalue weighted by Crippen LogP contribution is 2.40. The average Bonchev–Trinajstić information content (AvgIpc) is 2.54. The zero-order valence-electron chi connectivity index (χ0n) is 13.3. The number of hydrogen-bond acceptors (Lipinski definition) is 5. The molecular formula is C16H17ClF3N3O2. The van der Waals surface area contributed by atoms with Crippen molar-refractivity contribution < 1.29 is 23.4 Å². The number of hydrogen-bond donors (Lipinski definition) is 3. The maximum Gasteiger partial charge on any atom is 0.418 e. The van der Waals surface area contributed by atoms with Crippen molar-refractivity contribution in [1.29, 1.82) is 0 Å². The third-order valence-corrected chi connectivity index (χ3v) is 3.87. The highest BCUT2D eigenvalue weighted by Gasteiger charge is 2.36. The number of halogens is 4. The number of nitrogens with zero attached hydrogens (tertiary/aromatic N) is 2. The summed E-state index contributed by atoms with van der Waals surface area (Å²) in [4.78, 5) is 0. The van der Waals surface area contributed by atoms with Crippen LogP contribution in [0.3, 0.4) is 0 Å². The molecular weight excluding hydrogens is 359 g/mol. The van der Waals surface area contributed by atoms with Gasteiger partial charge in [0.05, 0.1) is 5.56 Å². The van der Waals surface area contributed by atoms with Crippen LogP contribution in [-0.2, 0) is 6.18 Å². The maximum atomic E-state index is 13.4. The van der Waals surface area contributed by atoms with Gasteiger partial charge in [-0.3, -0.25) is 0 Å². The normalized spacial score (nSPS) is 12.9. The van der Waals surface area contributed by atoms with Gasteiger partial charge in [-0.25, -0.2) is 0 Å². The van der Waals surface area contributed by atoms with Crippen LogP contribution in [0.2, 0.25) is 5.02 Å². The van der Waals surface area contributed by atoms with Gasteiger partial charge in [-0.15, -0.1) is 10.2 Å². The molecule has 1 aromatic heterocycles. The Balaban J connectivity index is 2.48. The van der Waals surface area contributed by atoms with Gasteiger partial charge >= 0.3 is 6.18 Å². The van der Waals surface area contributed by atoms with Crippen LogP contribution in [0.15, 0.2) is 24.3 Å². The fourth-order valence-corrected chi connectivity index (χ4v) is 2.49. The number of aromatic hydroxyl groups is 1. The fraction of sp³-hybridized carbons (Fsp3) is 0.375. The van der Waals surface area contributed by atoms with Crippen molar-refractivity contribution in [2.45, 2.75) is 32.0 Å². The van der Waals surface area contributed by atoms with Gasteiger partial charge in [0.2, 0.25) is 0 Å². The third-order valence-electron chi connectivity index (χ3n) is 3.64. The van der Waals surface area contributed by atoms with Crippen LogP contribution < -0.4 is 5.32 Å². The first-order chi connectivity index (χ1) is 11.8. The Labute approximate surface area is 147 Å². The number of rotatable bonds is 6. The topological polar surface area (TPSA) is 78.3 Å². The summed E-state index contributed by atoms with van der Waals surface area (Å²) < 4.78 is 40.3. The van der Waals surface area contributed by atoms with Gasteiger partial charge in [0.25, 0.3) is 0 Å². The zero-order chi connectivity index (χ0) is 18.6. The zero-order valence-corrected chi connectivity index (χ0v) is 14.1. The fourth-order valence-electron chi connectivity index (χ4n) is 2.33. The molecule has 0 fully saturated rings. The second kappa shape index (κ2) is 7.88. The Hall–Kier alpha value is -2.06. The lowest BCUT2D eigenvalue weighted by Gasteiger charge is -2.18. The number of aliphatic hydroxyl groups is 1. The third kappa shape index (κ3) is 4.73. The molecule has 1 heterocycles. The van der Waals surface area contributed by atoms with Crippen molar-refractivity contribution in [2.24, 2.45) is 0 Å². The molecule has 0 unspecified atom stereocenters. The van der Waals surface area contributed by atoms with E-state index in [-0.39, 0.29) is 29.1 Å². The smallest absolute Gasteiger partial charge is 0.418 e. The van der Waals surface area contributed by atoms with E-state index in [0.717, 1.165) is 12.1 Å². The standard InChI is InChI=1S/C16H17ClF3N3O2/c1-2-10(5-6-24)21-14-8-12(16(18,19)20)15(23-22-14)11-4-3-9(17)7-13(11)25/h3-4,7-8,10,24-25H,2,5-6H2,1H3,(H,21,22)/t10-/m0/s1. The molecule has 2 aromatic rings. The lowest BCUT2D eigenvalue weighted by atomic mass is 10.0. The molecule has 0 spiro atoms.